The zero-order valence-electron chi connectivity index (χ0n) is 12.7. The summed E-state index contributed by atoms with van der Waals surface area (Å²) in [4.78, 5) is 15.8. The summed E-state index contributed by atoms with van der Waals surface area (Å²) in [6, 6.07) is 9.23. The van der Waals surface area contributed by atoms with Crippen molar-refractivity contribution in [3.63, 3.8) is 0 Å². The van der Waals surface area contributed by atoms with Crippen molar-refractivity contribution in [2.24, 2.45) is 0 Å². The van der Waals surface area contributed by atoms with E-state index in [1.54, 1.807) is 14.2 Å². The number of ether oxygens (including phenoxy) is 2. The van der Waals surface area contributed by atoms with Gasteiger partial charge in [0.25, 0.3) is 0 Å². The summed E-state index contributed by atoms with van der Waals surface area (Å²) in [5.74, 6) is -0.372. The molecule has 3 aromatic rings. The van der Waals surface area contributed by atoms with E-state index in [-0.39, 0.29) is 47.4 Å². The Morgan fingerprint density at radius 3 is 2.75 bits per heavy atom. The second-order valence-corrected chi connectivity index (χ2v) is 4.90. The third kappa shape index (κ3) is 3.44. The zero-order valence-corrected chi connectivity index (χ0v) is 12.7. The molecular formula is C16H16N3NaO4. The average molecular weight is 337 g/mol. The van der Waals surface area contributed by atoms with E-state index < -0.39 is 5.97 Å². The Morgan fingerprint density at radius 1 is 1.29 bits per heavy atom. The van der Waals surface area contributed by atoms with Gasteiger partial charge in [0.05, 0.1) is 31.3 Å². The van der Waals surface area contributed by atoms with Gasteiger partial charge in [-0.25, -0.2) is 14.3 Å². The van der Waals surface area contributed by atoms with Gasteiger partial charge in [-0.1, -0.05) is 12.1 Å². The Morgan fingerprint density at radius 2 is 2.08 bits per heavy atom. The van der Waals surface area contributed by atoms with Crippen molar-refractivity contribution in [3.05, 3.63) is 47.8 Å². The maximum absolute atomic E-state index is 11.3. The van der Waals surface area contributed by atoms with Gasteiger partial charge in [0.1, 0.15) is 11.3 Å². The van der Waals surface area contributed by atoms with E-state index >= 15 is 0 Å². The van der Waals surface area contributed by atoms with Crippen LogP contribution in [0.5, 0.6) is 5.75 Å². The van der Waals surface area contributed by atoms with E-state index in [1.807, 2.05) is 30.3 Å². The van der Waals surface area contributed by atoms with Gasteiger partial charge in [0.15, 0.2) is 5.65 Å². The molecule has 0 unspecified atom stereocenters. The minimum atomic E-state index is -1.07. The van der Waals surface area contributed by atoms with E-state index in [0.29, 0.717) is 17.1 Å². The molecule has 0 spiro atoms. The summed E-state index contributed by atoms with van der Waals surface area (Å²) in [5, 5.41) is 13.4. The van der Waals surface area contributed by atoms with Crippen LogP contribution in [-0.4, -0.2) is 69.5 Å². The SMILES string of the molecule is COCc1cc(-c2cccc(OC)c2)nc2c(C(=O)O)cnn12.[NaH]. The van der Waals surface area contributed by atoms with Crippen molar-refractivity contribution < 1.29 is 19.4 Å². The monoisotopic (exact) mass is 337 g/mol. The van der Waals surface area contributed by atoms with Crippen LogP contribution in [0.3, 0.4) is 0 Å². The molecule has 0 saturated carbocycles. The number of carboxylic acids is 1. The molecule has 0 bridgehead atoms. The fourth-order valence-electron chi connectivity index (χ4n) is 2.36. The number of benzene rings is 1. The molecule has 0 aliphatic rings. The van der Waals surface area contributed by atoms with Crippen molar-refractivity contribution in [1.82, 2.24) is 14.6 Å². The van der Waals surface area contributed by atoms with Gasteiger partial charge in [0.2, 0.25) is 0 Å². The predicted octanol–water partition coefficient (Wildman–Crippen LogP) is 1.60. The Bertz CT molecular complexity index is 879. The van der Waals surface area contributed by atoms with Crippen molar-refractivity contribution >= 4 is 41.2 Å². The quantitative estimate of drug-likeness (QED) is 0.712. The van der Waals surface area contributed by atoms with Gasteiger partial charge >= 0.3 is 35.5 Å². The van der Waals surface area contributed by atoms with Gasteiger partial charge in [-0.15, -0.1) is 0 Å². The number of aromatic nitrogens is 3. The first kappa shape index (κ1) is 18.4. The molecule has 0 radical (unpaired) electrons. The molecule has 8 heteroatoms. The Balaban J connectivity index is 0.00000208. The molecule has 120 valence electrons. The van der Waals surface area contributed by atoms with Crippen LogP contribution in [0, 0.1) is 0 Å². The molecule has 2 heterocycles. The van der Waals surface area contributed by atoms with Gasteiger partial charge in [-0.3, -0.25) is 0 Å². The second kappa shape index (κ2) is 7.76. The third-order valence-electron chi connectivity index (χ3n) is 3.43. The Hall–Kier alpha value is -1.93. The summed E-state index contributed by atoms with van der Waals surface area (Å²) < 4.78 is 11.9. The summed E-state index contributed by atoms with van der Waals surface area (Å²) >= 11 is 0. The molecular weight excluding hydrogens is 321 g/mol. The molecule has 0 aliphatic carbocycles. The first-order valence-electron chi connectivity index (χ1n) is 6.88. The first-order valence-corrected chi connectivity index (χ1v) is 6.88. The maximum atomic E-state index is 11.3. The molecule has 3 rings (SSSR count). The molecule has 2 aromatic heterocycles. The van der Waals surface area contributed by atoms with Crippen molar-refractivity contribution in [2.45, 2.75) is 6.61 Å². The number of rotatable bonds is 5. The van der Waals surface area contributed by atoms with Crippen LogP contribution in [0.15, 0.2) is 36.5 Å². The molecule has 0 atom stereocenters. The standard InChI is InChI=1S/C16H15N3O4.Na.H/c1-22-9-11-7-14(10-4-3-5-12(6-10)23-2)18-15-13(16(20)21)8-17-19(11)15;;/h3-8H,9H2,1-2H3,(H,20,21);;. The van der Waals surface area contributed by atoms with Crippen LogP contribution in [-0.2, 0) is 11.3 Å². The van der Waals surface area contributed by atoms with E-state index in [1.165, 1.54) is 10.7 Å². The average Bonchev–Trinajstić information content (AvgIpc) is 2.99. The summed E-state index contributed by atoms with van der Waals surface area (Å²) in [5.41, 5.74) is 2.49. The summed E-state index contributed by atoms with van der Waals surface area (Å²) in [6.45, 7) is 0.288. The number of carboxylic acid groups (broad SMARTS) is 1. The fourth-order valence-corrected chi connectivity index (χ4v) is 2.36. The van der Waals surface area contributed by atoms with Gasteiger partial charge in [0, 0.05) is 12.7 Å². The van der Waals surface area contributed by atoms with Crippen LogP contribution in [0.4, 0.5) is 0 Å². The van der Waals surface area contributed by atoms with Crippen LogP contribution in [0.1, 0.15) is 16.1 Å². The molecule has 0 aliphatic heterocycles. The predicted molar refractivity (Wildman–Crippen MR) is 89.8 cm³/mol. The molecule has 1 N–H and O–H groups in total. The normalized spacial score (nSPS) is 10.4. The van der Waals surface area contributed by atoms with Gasteiger partial charge < -0.3 is 14.6 Å². The van der Waals surface area contributed by atoms with Gasteiger partial charge in [-0.05, 0) is 18.2 Å². The van der Waals surface area contributed by atoms with Gasteiger partial charge in [-0.2, -0.15) is 5.10 Å². The number of methoxy groups -OCH3 is 2. The Kier molecular flexibility index (Phi) is 5.95. The zero-order chi connectivity index (χ0) is 16.4. The summed E-state index contributed by atoms with van der Waals surface area (Å²) in [6.07, 6.45) is 1.29. The fraction of sp³-hybridized carbons (Fsp3) is 0.188. The third-order valence-corrected chi connectivity index (χ3v) is 3.43. The van der Waals surface area contributed by atoms with E-state index in [2.05, 4.69) is 10.1 Å². The van der Waals surface area contributed by atoms with Crippen molar-refractivity contribution in [2.75, 3.05) is 14.2 Å². The number of hydrogen-bond acceptors (Lipinski definition) is 5. The van der Waals surface area contributed by atoms with E-state index in [4.69, 9.17) is 9.47 Å². The number of fused-ring (bicyclic) bond motifs is 1. The number of nitrogens with zero attached hydrogens (tertiary/aromatic N) is 3. The van der Waals surface area contributed by atoms with Crippen molar-refractivity contribution in [1.29, 1.82) is 0 Å². The van der Waals surface area contributed by atoms with Crippen LogP contribution in [0.2, 0.25) is 0 Å². The molecule has 1 aromatic carbocycles. The number of hydrogen-bond donors (Lipinski definition) is 1. The van der Waals surface area contributed by atoms with Crippen molar-refractivity contribution in [3.8, 4) is 17.0 Å². The molecule has 0 saturated heterocycles. The van der Waals surface area contributed by atoms with Crippen LogP contribution in [0.25, 0.3) is 16.9 Å². The molecule has 24 heavy (non-hydrogen) atoms. The minimum absolute atomic E-state index is 0. The molecule has 0 fully saturated rings. The first-order chi connectivity index (χ1) is 11.1. The second-order valence-electron chi connectivity index (χ2n) is 4.90. The van der Waals surface area contributed by atoms with E-state index in [9.17, 15) is 9.90 Å². The number of aromatic carboxylic acids is 1. The molecule has 0 amide bonds. The van der Waals surface area contributed by atoms with Crippen LogP contribution >= 0.6 is 0 Å². The molecule has 7 nitrogen and oxygen atoms in total. The Labute approximate surface area is 160 Å². The van der Waals surface area contributed by atoms with E-state index in [0.717, 1.165) is 5.56 Å². The van der Waals surface area contributed by atoms with Crippen LogP contribution < -0.4 is 4.74 Å². The topological polar surface area (TPSA) is 86.0 Å². The number of carbonyl (C=O) groups is 1. The summed E-state index contributed by atoms with van der Waals surface area (Å²) in [7, 11) is 3.16.